The summed E-state index contributed by atoms with van der Waals surface area (Å²) in [6.07, 6.45) is 9.23. The second-order valence-electron chi connectivity index (χ2n) is 31.2. The highest BCUT2D eigenvalue weighted by atomic mass is 16.5. The van der Waals surface area contributed by atoms with E-state index >= 15 is 0 Å². The van der Waals surface area contributed by atoms with Crippen LogP contribution in [0.5, 0.6) is 40.2 Å². The molecule has 15 aromatic carbocycles. The van der Waals surface area contributed by atoms with E-state index in [2.05, 4.69) is 190 Å². The van der Waals surface area contributed by atoms with Gasteiger partial charge in [-0.2, -0.15) is 5.26 Å². The van der Waals surface area contributed by atoms with Gasteiger partial charge in [-0.05, 0) is 210 Å². The van der Waals surface area contributed by atoms with Gasteiger partial charge in [-0.1, -0.05) is 121 Å². The van der Waals surface area contributed by atoms with E-state index in [0.29, 0.717) is 72.6 Å². The molecule has 0 radical (unpaired) electrons. The van der Waals surface area contributed by atoms with Crippen molar-refractivity contribution in [2.24, 2.45) is 0 Å². The number of phenols is 1. The third-order valence-corrected chi connectivity index (χ3v) is 22.6. The van der Waals surface area contributed by atoms with E-state index in [4.69, 9.17) is 38.4 Å². The number of carboxylic acid groups (broad SMARTS) is 1. The molecule has 0 atom stereocenters. The van der Waals surface area contributed by atoms with Crippen molar-refractivity contribution in [1.29, 1.82) is 5.26 Å². The molecular formula is C110H98N16O11. The number of fused-ring (bicyclic) bond motifs is 5. The van der Waals surface area contributed by atoms with Crippen molar-refractivity contribution in [2.45, 2.75) is 32.7 Å². The van der Waals surface area contributed by atoms with Crippen LogP contribution in [-0.4, -0.2) is 120 Å². The molecule has 27 nitrogen and oxygen atoms in total. The number of carboxylic acids is 1. The molecule has 0 saturated carbocycles. The number of nitrogens with one attached hydrogen (secondary N) is 5. The van der Waals surface area contributed by atoms with Gasteiger partial charge in [-0.3, -0.25) is 22.8 Å². The maximum absolute atomic E-state index is 11.8. The van der Waals surface area contributed by atoms with Crippen molar-refractivity contribution < 1.29 is 53.0 Å². The summed E-state index contributed by atoms with van der Waals surface area (Å²) in [6, 6.07) is 111. The first-order valence-corrected chi connectivity index (χ1v) is 43.8. The predicted octanol–water partition coefficient (Wildman–Crippen LogP) is 22.3. The lowest BCUT2D eigenvalue weighted by molar-refractivity contribution is 0.0596. The number of aromatic hydroxyl groups is 1. The average Bonchev–Trinajstić information content (AvgIpc) is 1.68. The van der Waals surface area contributed by atoms with Crippen molar-refractivity contribution in [1.82, 2.24) is 47.8 Å². The Morgan fingerprint density at radius 1 is 0.292 bits per heavy atom. The first-order chi connectivity index (χ1) is 67.1. The number of anilines is 5. The number of phenolic OH excluding ortho intramolecular Hbond substituents is 1. The first-order valence-electron chi connectivity index (χ1n) is 43.8. The number of para-hydroxylation sites is 10. The Morgan fingerprint density at radius 3 is 0.869 bits per heavy atom. The smallest absolute Gasteiger partial charge is 0.341 e. The van der Waals surface area contributed by atoms with Gasteiger partial charge < -0.3 is 70.0 Å². The number of imidazole rings is 5. The summed E-state index contributed by atoms with van der Waals surface area (Å²) in [4.78, 5) is 45.3. The van der Waals surface area contributed by atoms with Gasteiger partial charge in [0.25, 0.3) is 0 Å². The van der Waals surface area contributed by atoms with Crippen LogP contribution in [0.1, 0.15) is 54.1 Å². The number of aromatic nitrogens is 10. The zero-order valence-corrected chi connectivity index (χ0v) is 76.2. The minimum atomic E-state index is -1.01. The maximum atomic E-state index is 11.8. The van der Waals surface area contributed by atoms with Crippen LogP contribution in [-0.2, 0) is 37.5 Å². The van der Waals surface area contributed by atoms with Crippen LogP contribution >= 0.6 is 0 Å². The Kier molecular flexibility index (Phi) is 29.6. The van der Waals surface area contributed by atoms with E-state index in [1.54, 1.807) is 63.8 Å². The maximum Gasteiger partial charge on any atom is 0.341 e. The third kappa shape index (κ3) is 22.3. The zero-order valence-electron chi connectivity index (χ0n) is 76.2. The summed E-state index contributed by atoms with van der Waals surface area (Å²) in [5, 5.41) is 44.8. The van der Waals surface area contributed by atoms with Crippen LogP contribution in [0.25, 0.3) is 83.6 Å². The van der Waals surface area contributed by atoms with Crippen molar-refractivity contribution in [3.05, 3.63) is 410 Å². The van der Waals surface area contributed by atoms with E-state index in [9.17, 15) is 19.8 Å². The van der Waals surface area contributed by atoms with Gasteiger partial charge in [0.1, 0.15) is 66.1 Å². The number of carbonyl (C=O) groups is 2. The molecule has 0 saturated heterocycles. The fraction of sp³-hybridized carbons (Fsp3) is 0.109. The molecule has 0 aliphatic heterocycles. The molecule has 0 spiro atoms. The Balaban J connectivity index is 0.000000124. The minimum absolute atomic E-state index is 0.132. The Bertz CT molecular complexity index is 7660. The molecule has 20 aromatic rings. The SMILES string of the molecule is COC(=O)c1ccc(NCc2cccc(-n3cnc4ccccc43)c2)cc1OC.COc1cc(NCc2cccc(-n3cnc4ccccc43)c2)ccc1C#N.COc1cc(NCc2cccc(-n3cnc4ccccc43)c2)ccc1C(=O)O.COc1cc(NCc2cccc(-n3cnc4ccccc43)c2)ccc1O.COc1ccc(NCc2cccc(-n3cnc4ccccc43)c2)cc1OC. The monoisotopic (exact) mass is 1820 g/mol. The van der Waals surface area contributed by atoms with E-state index in [1.807, 2.05) is 208 Å². The lowest BCUT2D eigenvalue weighted by Crippen LogP contribution is -2.06. The van der Waals surface area contributed by atoms with Crippen LogP contribution in [0.2, 0.25) is 0 Å². The predicted molar refractivity (Wildman–Crippen MR) is 538 cm³/mol. The van der Waals surface area contributed by atoms with Gasteiger partial charge in [0.2, 0.25) is 0 Å². The molecule has 0 amide bonds. The number of rotatable bonds is 28. The highest BCUT2D eigenvalue weighted by Gasteiger charge is 2.18. The molecule has 0 aliphatic carbocycles. The molecule has 0 unspecified atom stereocenters. The molecule has 0 fully saturated rings. The van der Waals surface area contributed by atoms with Crippen molar-refractivity contribution in [3.8, 4) is 74.8 Å². The number of carbonyl (C=O) groups excluding carboxylic acids is 1. The minimum Gasteiger partial charge on any atom is -0.504 e. The van der Waals surface area contributed by atoms with Crippen LogP contribution in [0.15, 0.2) is 365 Å². The highest BCUT2D eigenvalue weighted by molar-refractivity contribution is 5.93. The fourth-order valence-electron chi connectivity index (χ4n) is 15.6. The summed E-state index contributed by atoms with van der Waals surface area (Å²) in [6.45, 7) is 3.25. The lowest BCUT2D eigenvalue weighted by atomic mass is 10.1. The van der Waals surface area contributed by atoms with E-state index in [1.165, 1.54) is 40.1 Å². The topological polar surface area (TPSA) is 312 Å². The zero-order chi connectivity index (χ0) is 94.9. The lowest BCUT2D eigenvalue weighted by Gasteiger charge is -2.12. The number of benzene rings is 15. The van der Waals surface area contributed by atoms with Crippen molar-refractivity contribution >= 4 is 95.5 Å². The van der Waals surface area contributed by atoms with Crippen molar-refractivity contribution in [3.63, 3.8) is 0 Å². The molecule has 684 valence electrons. The molecule has 0 bridgehead atoms. The molecule has 0 aliphatic rings. The molecular weight excluding hydrogens is 1720 g/mol. The number of hydrogen-bond acceptors (Lipinski definition) is 21. The molecule has 20 rings (SSSR count). The number of aromatic carboxylic acids is 1. The van der Waals surface area contributed by atoms with E-state index in [-0.39, 0.29) is 11.3 Å². The number of methoxy groups -OCH3 is 7. The quantitative estimate of drug-likeness (QED) is 0.0177. The van der Waals surface area contributed by atoms with Crippen LogP contribution < -0.4 is 55.0 Å². The second-order valence-corrected chi connectivity index (χ2v) is 31.2. The second kappa shape index (κ2) is 44.1. The Labute approximate surface area is 790 Å². The van der Waals surface area contributed by atoms with E-state index < -0.39 is 11.9 Å². The normalized spacial score (nSPS) is 10.7. The number of nitrogens with zero attached hydrogens (tertiary/aromatic N) is 11. The van der Waals surface area contributed by atoms with Gasteiger partial charge in [0.05, 0.1) is 110 Å². The van der Waals surface area contributed by atoms with Crippen molar-refractivity contribution in [2.75, 3.05) is 76.4 Å². The Hall–Kier alpha value is -18.3. The van der Waals surface area contributed by atoms with Gasteiger partial charge in [0.15, 0.2) is 23.0 Å². The summed E-state index contributed by atoms with van der Waals surface area (Å²) < 4.78 is 46.7. The Morgan fingerprint density at radius 2 is 0.562 bits per heavy atom. The molecule has 7 N–H and O–H groups in total. The van der Waals surface area contributed by atoms with Crippen LogP contribution in [0, 0.1) is 11.3 Å². The van der Waals surface area contributed by atoms with Crippen LogP contribution in [0.3, 0.4) is 0 Å². The number of esters is 1. The summed E-state index contributed by atoms with van der Waals surface area (Å²) in [5.74, 6) is 1.95. The molecule has 27 heteroatoms. The molecule has 137 heavy (non-hydrogen) atoms. The number of ether oxygens (including phenoxy) is 7. The number of hydrogen-bond donors (Lipinski definition) is 7. The standard InChI is InChI=1S/C23H21N3O3.C22H18N4O.C22H19N3O3.C22H21N3O2.C21H19N3O2/c1-28-22-13-17(10-11-19(22)23(27)29-2)24-14-16-6-5-7-18(12-16)26-15-25-20-8-3-4-9-21(20)26;1-27-22-12-18(10-9-17(22)13-23)24-14-16-5-4-6-19(11-16)26-15-25-20-7-2-3-8-21(20)26;1-28-21-12-16(9-10-18(21)22(26)27)23-13-15-5-4-6-17(11-15)25-14-24-19-7-2-3-8-20(19)25;1-26-21-11-10-17(13-22(21)27-2)23-14-16-6-5-7-18(12-16)25-15-24-19-8-3-4-9-20(19)25;1-26-21-12-16(9-10-20(21)25)22-13-15-5-4-6-17(11-15)24-14-23-18-7-2-3-8-19(18)24/h3-13,15,24H,14H2,1-2H3;2-12,15,24H,14H2,1H3;2-12,14,23H,13H2,1H3,(H,26,27);3-13,15,23H,14H2,1-2H3;2-12,14,22,25H,13H2,1H3. The van der Waals surface area contributed by atoms with Gasteiger partial charge in [0, 0.05) is 120 Å². The largest absolute Gasteiger partial charge is 0.504 e. The van der Waals surface area contributed by atoms with Gasteiger partial charge in [-0.15, -0.1) is 0 Å². The fourth-order valence-corrected chi connectivity index (χ4v) is 15.6. The molecule has 5 aromatic heterocycles. The summed E-state index contributed by atoms with van der Waals surface area (Å²) >= 11 is 0. The van der Waals surface area contributed by atoms with Crippen LogP contribution in [0.4, 0.5) is 28.4 Å². The van der Waals surface area contributed by atoms with E-state index in [0.717, 1.165) is 140 Å². The average molecular weight is 1820 g/mol. The van der Waals surface area contributed by atoms with Gasteiger partial charge >= 0.3 is 11.9 Å². The summed E-state index contributed by atoms with van der Waals surface area (Å²) in [5.41, 5.74) is 26.8. The van der Waals surface area contributed by atoms with Gasteiger partial charge in [-0.25, -0.2) is 34.5 Å². The number of nitriles is 1. The highest BCUT2D eigenvalue weighted by Crippen LogP contribution is 2.35. The third-order valence-electron chi connectivity index (χ3n) is 22.6. The summed E-state index contributed by atoms with van der Waals surface area (Å²) in [7, 11) is 10.7. The molecule has 5 heterocycles. The first kappa shape index (κ1) is 92.0.